The van der Waals surface area contributed by atoms with E-state index in [-0.39, 0.29) is 35.5 Å². The Morgan fingerprint density at radius 3 is 1.83 bits per heavy atom. The molecule has 0 radical (unpaired) electrons. The molecule has 4 heteroatoms. The first kappa shape index (κ1) is 20.1. The summed E-state index contributed by atoms with van der Waals surface area (Å²) in [7, 11) is 0. The number of nitrogens with zero attached hydrogens (tertiary/aromatic N) is 2. The SMILES string of the molecule is O=C1[C@H]2[C@H](C(=O)N1c1cccc3cccnc13)[C@@H]1C=C[C@@H]2C1=C(c1ccccc1)c1ccccc1. The summed E-state index contributed by atoms with van der Waals surface area (Å²) in [6, 6.07) is 30.1. The molecule has 3 aromatic carbocycles. The number of hydrogen-bond donors (Lipinski definition) is 0. The van der Waals surface area contributed by atoms with Gasteiger partial charge in [0.1, 0.15) is 0 Å². The van der Waals surface area contributed by atoms with E-state index in [9.17, 15) is 9.59 Å². The number of pyridine rings is 1. The van der Waals surface area contributed by atoms with Gasteiger partial charge in [-0.05, 0) is 34.4 Å². The van der Waals surface area contributed by atoms with Crippen LogP contribution < -0.4 is 4.90 Å². The number of amides is 2. The number of fused-ring (bicyclic) bond motifs is 6. The first-order chi connectivity index (χ1) is 17.2. The number of para-hydroxylation sites is 1. The average Bonchev–Trinajstić information content (AvgIpc) is 3.54. The molecule has 35 heavy (non-hydrogen) atoms. The molecular weight excluding hydrogens is 432 g/mol. The van der Waals surface area contributed by atoms with E-state index in [0.29, 0.717) is 11.2 Å². The lowest BCUT2D eigenvalue weighted by atomic mass is 9.85. The maximum absolute atomic E-state index is 13.9. The number of hydrogen-bond acceptors (Lipinski definition) is 3. The molecule has 7 rings (SSSR count). The van der Waals surface area contributed by atoms with Crippen LogP contribution >= 0.6 is 0 Å². The molecule has 2 bridgehead atoms. The first-order valence-corrected chi connectivity index (χ1v) is 12.0. The molecule has 1 saturated heterocycles. The maximum Gasteiger partial charge on any atom is 0.238 e. The quantitative estimate of drug-likeness (QED) is 0.297. The fraction of sp³-hybridized carbons (Fsp3) is 0.129. The standard InChI is InChI=1S/C31H22N2O2/c34-30-27-22-16-17-23(26(22)25(19-9-3-1-4-10-19)20-11-5-2-6-12-20)28(27)31(35)33(30)24-15-7-13-21-14-8-18-32-29(21)24/h1-18,22-23,27-28H/t22-,23-,27-,28-/m1/s1. The Kier molecular flexibility index (Phi) is 4.37. The first-order valence-electron chi connectivity index (χ1n) is 12.0. The minimum absolute atomic E-state index is 0.0928. The van der Waals surface area contributed by atoms with E-state index in [4.69, 9.17) is 0 Å². The van der Waals surface area contributed by atoms with Crippen molar-refractivity contribution in [1.29, 1.82) is 0 Å². The van der Waals surface area contributed by atoms with Crippen LogP contribution in [0.5, 0.6) is 0 Å². The molecule has 2 aliphatic carbocycles. The Bertz CT molecular complexity index is 1470. The molecule has 1 aromatic heterocycles. The summed E-state index contributed by atoms with van der Waals surface area (Å²) in [4.78, 5) is 33.7. The van der Waals surface area contributed by atoms with Gasteiger partial charge >= 0.3 is 0 Å². The highest BCUT2D eigenvalue weighted by molar-refractivity contribution is 6.25. The van der Waals surface area contributed by atoms with Gasteiger partial charge in [0.2, 0.25) is 11.8 Å². The number of carbonyl (C=O) groups excluding carboxylic acids is 2. The molecule has 1 aliphatic heterocycles. The van der Waals surface area contributed by atoms with Crippen molar-refractivity contribution in [3.05, 3.63) is 126 Å². The van der Waals surface area contributed by atoms with E-state index in [1.54, 1.807) is 6.20 Å². The number of allylic oxidation sites excluding steroid dienone is 3. The Labute approximate surface area is 203 Å². The average molecular weight is 455 g/mol. The number of anilines is 1. The van der Waals surface area contributed by atoms with Gasteiger partial charge in [0.05, 0.1) is 23.0 Å². The van der Waals surface area contributed by atoms with E-state index in [1.807, 2.05) is 66.7 Å². The number of rotatable bonds is 3. The number of carbonyl (C=O) groups is 2. The molecule has 3 aliphatic rings. The number of imide groups is 1. The monoisotopic (exact) mass is 454 g/mol. The molecule has 4 nitrogen and oxygen atoms in total. The Hall–Kier alpha value is -4.31. The summed E-state index contributed by atoms with van der Waals surface area (Å²) in [6.07, 6.45) is 5.99. The molecule has 4 aromatic rings. The fourth-order valence-electron chi connectivity index (χ4n) is 6.31. The van der Waals surface area contributed by atoms with Gasteiger partial charge in [0.15, 0.2) is 0 Å². The molecule has 2 amide bonds. The summed E-state index contributed by atoms with van der Waals surface area (Å²) in [6.45, 7) is 0. The van der Waals surface area contributed by atoms with Crippen molar-refractivity contribution >= 4 is 34.0 Å². The summed E-state index contributed by atoms with van der Waals surface area (Å²) in [5.74, 6) is -1.18. The van der Waals surface area contributed by atoms with Gasteiger partial charge in [-0.1, -0.05) is 91.0 Å². The van der Waals surface area contributed by atoms with Crippen LogP contribution in [0.25, 0.3) is 16.5 Å². The largest absolute Gasteiger partial charge is 0.274 e. The van der Waals surface area contributed by atoms with Crippen LogP contribution in [-0.4, -0.2) is 16.8 Å². The van der Waals surface area contributed by atoms with E-state index in [0.717, 1.165) is 22.1 Å². The van der Waals surface area contributed by atoms with Crippen molar-refractivity contribution in [2.45, 2.75) is 0 Å². The third-order valence-electron chi connectivity index (χ3n) is 7.68. The lowest BCUT2D eigenvalue weighted by Gasteiger charge is -2.22. The second-order valence-corrected chi connectivity index (χ2v) is 9.41. The van der Waals surface area contributed by atoms with Crippen LogP contribution in [0.3, 0.4) is 0 Å². The Morgan fingerprint density at radius 1 is 0.657 bits per heavy atom. The van der Waals surface area contributed by atoms with Crippen molar-refractivity contribution in [3.8, 4) is 0 Å². The summed E-state index contributed by atoms with van der Waals surface area (Å²) in [5, 5.41) is 0.916. The lowest BCUT2D eigenvalue weighted by Crippen LogP contribution is -2.33. The summed E-state index contributed by atoms with van der Waals surface area (Å²) < 4.78 is 0. The third-order valence-corrected chi connectivity index (χ3v) is 7.68. The summed E-state index contributed by atoms with van der Waals surface area (Å²) >= 11 is 0. The van der Waals surface area contributed by atoms with Gasteiger partial charge in [0, 0.05) is 23.4 Å². The van der Waals surface area contributed by atoms with Crippen LogP contribution in [-0.2, 0) is 9.59 Å². The van der Waals surface area contributed by atoms with Crippen molar-refractivity contribution in [1.82, 2.24) is 4.98 Å². The van der Waals surface area contributed by atoms with E-state index in [2.05, 4.69) is 41.4 Å². The number of benzene rings is 3. The molecule has 2 heterocycles. The highest BCUT2D eigenvalue weighted by Gasteiger charge is 2.62. The van der Waals surface area contributed by atoms with Gasteiger partial charge in [-0.25, -0.2) is 4.90 Å². The van der Waals surface area contributed by atoms with E-state index >= 15 is 0 Å². The zero-order chi connectivity index (χ0) is 23.5. The maximum atomic E-state index is 13.9. The van der Waals surface area contributed by atoms with Crippen molar-refractivity contribution < 1.29 is 9.59 Å². The summed E-state index contributed by atoms with van der Waals surface area (Å²) in [5.41, 5.74) is 5.82. The minimum Gasteiger partial charge on any atom is -0.274 e. The molecule has 0 N–H and O–H groups in total. The van der Waals surface area contributed by atoms with Gasteiger partial charge in [-0.3, -0.25) is 14.6 Å². The second-order valence-electron chi connectivity index (χ2n) is 9.41. The zero-order valence-electron chi connectivity index (χ0n) is 18.9. The molecule has 168 valence electrons. The van der Waals surface area contributed by atoms with Gasteiger partial charge < -0.3 is 0 Å². The molecule has 1 saturated carbocycles. The van der Waals surface area contributed by atoms with Crippen molar-refractivity contribution in [2.24, 2.45) is 23.7 Å². The third kappa shape index (κ3) is 2.83. The predicted octanol–water partition coefficient (Wildman–Crippen LogP) is 5.66. The normalized spacial score (nSPS) is 24.5. The van der Waals surface area contributed by atoms with Crippen molar-refractivity contribution in [3.63, 3.8) is 0 Å². The lowest BCUT2D eigenvalue weighted by molar-refractivity contribution is -0.122. The molecule has 0 unspecified atom stereocenters. The van der Waals surface area contributed by atoms with Gasteiger partial charge in [-0.2, -0.15) is 0 Å². The van der Waals surface area contributed by atoms with Gasteiger partial charge in [-0.15, -0.1) is 0 Å². The van der Waals surface area contributed by atoms with Crippen LogP contribution in [0.15, 0.2) is 115 Å². The zero-order valence-corrected chi connectivity index (χ0v) is 18.9. The Morgan fingerprint density at radius 2 is 1.23 bits per heavy atom. The molecule has 2 fully saturated rings. The van der Waals surface area contributed by atoms with Crippen LogP contribution in [0.1, 0.15) is 11.1 Å². The molecular formula is C31H22N2O2. The van der Waals surface area contributed by atoms with E-state index < -0.39 is 0 Å². The van der Waals surface area contributed by atoms with Crippen molar-refractivity contribution in [2.75, 3.05) is 4.90 Å². The highest BCUT2D eigenvalue weighted by atomic mass is 16.2. The number of aromatic nitrogens is 1. The highest BCUT2D eigenvalue weighted by Crippen LogP contribution is 2.59. The van der Waals surface area contributed by atoms with Crippen LogP contribution in [0, 0.1) is 23.7 Å². The fourth-order valence-corrected chi connectivity index (χ4v) is 6.31. The second kappa shape index (κ2) is 7.60. The smallest absolute Gasteiger partial charge is 0.238 e. The Balaban J connectivity index is 1.38. The van der Waals surface area contributed by atoms with Crippen LogP contribution in [0.4, 0.5) is 5.69 Å². The molecule has 0 spiro atoms. The van der Waals surface area contributed by atoms with E-state index in [1.165, 1.54) is 10.5 Å². The van der Waals surface area contributed by atoms with Crippen LogP contribution in [0.2, 0.25) is 0 Å². The topological polar surface area (TPSA) is 50.3 Å². The molecule has 4 atom stereocenters. The minimum atomic E-state index is -0.381. The van der Waals surface area contributed by atoms with Gasteiger partial charge in [0.25, 0.3) is 0 Å². The predicted molar refractivity (Wildman–Crippen MR) is 136 cm³/mol.